The van der Waals surface area contributed by atoms with E-state index >= 15 is 0 Å². The van der Waals surface area contributed by atoms with E-state index in [4.69, 9.17) is 23.2 Å². The molecule has 0 aliphatic heterocycles. The van der Waals surface area contributed by atoms with Crippen molar-refractivity contribution >= 4 is 40.1 Å². The van der Waals surface area contributed by atoms with Crippen LogP contribution in [-0.2, 0) is 0 Å². The molecule has 0 aliphatic rings. The van der Waals surface area contributed by atoms with Crippen LogP contribution in [0.4, 0.5) is 0 Å². The van der Waals surface area contributed by atoms with Crippen LogP contribution in [0.1, 0.15) is 10.4 Å². The van der Waals surface area contributed by atoms with Gasteiger partial charge >= 0.3 is 0 Å². The second-order valence-corrected chi connectivity index (χ2v) is 3.49. The largest absolute Gasteiger partial charge is 0.355 e. The van der Waals surface area contributed by atoms with E-state index in [1.54, 1.807) is 0 Å². The molecule has 0 bridgehead atoms. The summed E-state index contributed by atoms with van der Waals surface area (Å²) < 4.78 is 0. The minimum Gasteiger partial charge on any atom is -0.355 e. The third-order valence-electron chi connectivity index (χ3n) is 1.94. The Morgan fingerprint density at radius 2 is 2.20 bits per heavy atom. The zero-order chi connectivity index (χ0) is 11.0. The lowest BCUT2D eigenvalue weighted by molar-refractivity contribution is 0.0964. The smallest absolute Gasteiger partial charge is 0.256 e. The molecule has 2 rings (SSSR count). The highest BCUT2D eigenvalue weighted by molar-refractivity contribution is 6.38. The van der Waals surface area contributed by atoms with Crippen molar-refractivity contribution in [2.75, 3.05) is 7.05 Å². The van der Waals surface area contributed by atoms with Crippen molar-refractivity contribution in [1.29, 1.82) is 0 Å². The number of amides is 1. The first kappa shape index (κ1) is 10.2. The lowest BCUT2D eigenvalue weighted by Crippen LogP contribution is -2.19. The lowest BCUT2D eigenvalue weighted by Gasteiger charge is -2.03. The molecular weight excluding hydrogens is 239 g/mol. The number of aromatic amines is 1. The number of H-pyrrole nitrogens is 1. The number of nitrogens with zero attached hydrogens (tertiary/aromatic N) is 2. The average Bonchev–Trinajstić information content (AvgIpc) is 2.66. The highest BCUT2D eigenvalue weighted by Gasteiger charge is 2.18. The van der Waals surface area contributed by atoms with Gasteiger partial charge in [0, 0.05) is 7.05 Å². The Bertz CT molecular complexity index is 537. The molecule has 7 heteroatoms. The number of aromatic nitrogens is 3. The molecule has 0 unspecified atom stereocenters. The van der Waals surface area contributed by atoms with Crippen molar-refractivity contribution in [2.45, 2.75) is 0 Å². The summed E-state index contributed by atoms with van der Waals surface area (Å²) in [6, 6.07) is 0. The van der Waals surface area contributed by atoms with Crippen LogP contribution in [0.2, 0.25) is 10.3 Å². The molecule has 2 heterocycles. The molecule has 2 aromatic rings. The first-order chi connectivity index (χ1) is 7.15. The number of pyridine rings is 1. The molecule has 5 nitrogen and oxygen atoms in total. The Hall–Kier alpha value is -1.33. The molecule has 0 aliphatic carbocycles. The van der Waals surface area contributed by atoms with Crippen LogP contribution >= 0.6 is 23.2 Å². The first-order valence-corrected chi connectivity index (χ1v) is 4.81. The summed E-state index contributed by atoms with van der Waals surface area (Å²) in [5.41, 5.74) is 1.14. The van der Waals surface area contributed by atoms with Gasteiger partial charge in [0.15, 0.2) is 5.15 Å². The Morgan fingerprint density at radius 1 is 1.47 bits per heavy atom. The van der Waals surface area contributed by atoms with Crippen molar-refractivity contribution in [2.24, 2.45) is 0 Å². The molecule has 0 radical (unpaired) electrons. The van der Waals surface area contributed by atoms with E-state index in [0.29, 0.717) is 11.0 Å². The van der Waals surface area contributed by atoms with Gasteiger partial charge < -0.3 is 10.3 Å². The van der Waals surface area contributed by atoms with Crippen molar-refractivity contribution in [3.05, 3.63) is 22.2 Å². The van der Waals surface area contributed by atoms with E-state index in [2.05, 4.69) is 20.3 Å². The van der Waals surface area contributed by atoms with Gasteiger partial charge in [0.1, 0.15) is 21.7 Å². The zero-order valence-electron chi connectivity index (χ0n) is 7.64. The Balaban J connectivity index is 2.82. The lowest BCUT2D eigenvalue weighted by atomic mass is 10.2. The van der Waals surface area contributed by atoms with Gasteiger partial charge in [-0.3, -0.25) is 4.79 Å². The van der Waals surface area contributed by atoms with Gasteiger partial charge in [-0.2, -0.15) is 0 Å². The minimum absolute atomic E-state index is 0.0407. The number of hydrogen-bond donors (Lipinski definition) is 2. The van der Waals surface area contributed by atoms with E-state index in [9.17, 15) is 4.79 Å². The number of nitrogens with one attached hydrogen (secondary N) is 2. The van der Waals surface area contributed by atoms with Crippen LogP contribution in [-0.4, -0.2) is 27.9 Å². The van der Waals surface area contributed by atoms with E-state index in [0.717, 1.165) is 0 Å². The summed E-state index contributed by atoms with van der Waals surface area (Å²) in [7, 11) is 1.51. The molecule has 0 aromatic carbocycles. The number of carbonyl (C=O) groups excluding carboxylic acids is 1. The Morgan fingerprint density at radius 3 is 2.87 bits per heavy atom. The highest BCUT2D eigenvalue weighted by Crippen LogP contribution is 2.26. The maximum absolute atomic E-state index is 11.5. The molecular formula is C8H6Cl2N4O. The predicted molar refractivity (Wildman–Crippen MR) is 57.3 cm³/mol. The van der Waals surface area contributed by atoms with Crippen molar-refractivity contribution in [1.82, 2.24) is 20.3 Å². The van der Waals surface area contributed by atoms with Crippen LogP contribution in [0, 0.1) is 0 Å². The quantitative estimate of drug-likeness (QED) is 0.750. The standard InChI is InChI=1S/C8H6Cl2N4O/c1-11-8(15)3-4-5(13-2-12-4)7(10)14-6(3)9/h2H,1H3,(H,11,15)(H,12,13). The number of rotatable bonds is 1. The van der Waals surface area contributed by atoms with E-state index in [1.165, 1.54) is 13.4 Å². The fourth-order valence-electron chi connectivity index (χ4n) is 1.26. The van der Waals surface area contributed by atoms with Crippen molar-refractivity contribution < 1.29 is 4.79 Å². The molecule has 0 atom stereocenters. The molecule has 0 saturated heterocycles. The second kappa shape index (κ2) is 3.67. The zero-order valence-corrected chi connectivity index (χ0v) is 9.15. The van der Waals surface area contributed by atoms with Gasteiger partial charge in [-0.15, -0.1) is 0 Å². The number of hydrogen-bond acceptors (Lipinski definition) is 3. The number of imidazole rings is 1. The SMILES string of the molecule is CNC(=O)c1c(Cl)nc(Cl)c2[nH]cnc12. The minimum atomic E-state index is -0.346. The molecule has 15 heavy (non-hydrogen) atoms. The van der Waals surface area contributed by atoms with Crippen LogP contribution in [0.15, 0.2) is 6.33 Å². The number of halogens is 2. The molecule has 78 valence electrons. The Labute approximate surface area is 94.8 Å². The number of carbonyl (C=O) groups is 1. The summed E-state index contributed by atoms with van der Waals surface area (Å²) in [5, 5.41) is 2.70. The van der Waals surface area contributed by atoms with Crippen LogP contribution in [0.5, 0.6) is 0 Å². The predicted octanol–water partition coefficient (Wildman–Crippen LogP) is 1.62. The first-order valence-electron chi connectivity index (χ1n) is 4.05. The summed E-state index contributed by atoms with van der Waals surface area (Å²) in [6.45, 7) is 0. The molecule has 0 fully saturated rings. The summed E-state index contributed by atoms with van der Waals surface area (Å²) in [4.78, 5) is 22.1. The number of fused-ring (bicyclic) bond motifs is 1. The summed E-state index contributed by atoms with van der Waals surface area (Å²) in [6.07, 6.45) is 1.43. The third-order valence-corrected chi connectivity index (χ3v) is 2.49. The van der Waals surface area contributed by atoms with Gasteiger partial charge in [0.05, 0.1) is 6.33 Å². The fraction of sp³-hybridized carbons (Fsp3) is 0.125. The summed E-state index contributed by atoms with van der Waals surface area (Å²) >= 11 is 11.7. The molecule has 0 spiro atoms. The van der Waals surface area contributed by atoms with E-state index in [-0.39, 0.29) is 21.8 Å². The summed E-state index contributed by atoms with van der Waals surface area (Å²) in [5.74, 6) is -0.346. The second-order valence-electron chi connectivity index (χ2n) is 2.77. The van der Waals surface area contributed by atoms with Crippen LogP contribution in [0.3, 0.4) is 0 Å². The van der Waals surface area contributed by atoms with Crippen molar-refractivity contribution in [3.8, 4) is 0 Å². The maximum atomic E-state index is 11.5. The van der Waals surface area contributed by atoms with Crippen LogP contribution < -0.4 is 5.32 Å². The maximum Gasteiger partial charge on any atom is 0.256 e. The fourth-order valence-corrected chi connectivity index (χ4v) is 1.79. The normalized spacial score (nSPS) is 10.6. The van der Waals surface area contributed by atoms with E-state index in [1.807, 2.05) is 0 Å². The monoisotopic (exact) mass is 244 g/mol. The Kier molecular flexibility index (Phi) is 2.50. The molecule has 1 amide bonds. The van der Waals surface area contributed by atoms with Gasteiger partial charge in [0.2, 0.25) is 0 Å². The average molecular weight is 245 g/mol. The van der Waals surface area contributed by atoms with Gasteiger partial charge in [0.25, 0.3) is 5.91 Å². The van der Waals surface area contributed by atoms with Crippen LogP contribution in [0.25, 0.3) is 11.0 Å². The van der Waals surface area contributed by atoms with Gasteiger partial charge in [-0.25, -0.2) is 9.97 Å². The van der Waals surface area contributed by atoms with Crippen molar-refractivity contribution in [3.63, 3.8) is 0 Å². The molecule has 0 saturated carbocycles. The molecule has 2 N–H and O–H groups in total. The molecule has 2 aromatic heterocycles. The van der Waals surface area contributed by atoms with E-state index < -0.39 is 0 Å². The topological polar surface area (TPSA) is 70.7 Å². The highest BCUT2D eigenvalue weighted by atomic mass is 35.5. The van der Waals surface area contributed by atoms with Gasteiger partial charge in [-0.05, 0) is 0 Å². The third kappa shape index (κ3) is 1.53. The van der Waals surface area contributed by atoms with Gasteiger partial charge in [-0.1, -0.05) is 23.2 Å².